The number of halogens is 1. The van der Waals surface area contributed by atoms with Gasteiger partial charge in [0.2, 0.25) is 5.13 Å². The molecule has 0 spiro atoms. The molecule has 1 fully saturated rings. The zero-order chi connectivity index (χ0) is 19.0. The number of methoxy groups -OCH3 is 1. The molecule has 142 valence electrons. The number of hydrogen-bond donors (Lipinski definition) is 1. The molecule has 0 bridgehead atoms. The molecule has 0 aliphatic heterocycles. The highest BCUT2D eigenvalue weighted by Gasteiger charge is 2.38. The standard InChI is InChI=1S/C18H20FN5O2S/c1-23(15-9-12(26-2)8-14(15)19)18-22-21-17(27-18)13-4-3-11(7-16(13)25)24-6-5-20-10-24/h3-7,10,12,14-15,25H,8-9H2,1-2H3/t12-,14-,15-/m1/s1. The maximum atomic E-state index is 14.3. The molecule has 2 heterocycles. The van der Waals surface area contributed by atoms with E-state index in [0.29, 0.717) is 28.5 Å². The van der Waals surface area contributed by atoms with Crippen LogP contribution in [0.15, 0.2) is 36.9 Å². The Morgan fingerprint density at radius 2 is 2.19 bits per heavy atom. The minimum atomic E-state index is -0.963. The molecule has 27 heavy (non-hydrogen) atoms. The first kappa shape index (κ1) is 17.9. The highest BCUT2D eigenvalue weighted by Crippen LogP contribution is 2.37. The summed E-state index contributed by atoms with van der Waals surface area (Å²) in [7, 11) is 3.43. The fraction of sp³-hybridized carbons (Fsp3) is 0.389. The van der Waals surface area contributed by atoms with E-state index in [4.69, 9.17) is 4.74 Å². The van der Waals surface area contributed by atoms with Crippen LogP contribution in [0.3, 0.4) is 0 Å². The van der Waals surface area contributed by atoms with Crippen LogP contribution in [-0.2, 0) is 4.74 Å². The van der Waals surface area contributed by atoms with Crippen molar-refractivity contribution in [3.05, 3.63) is 36.9 Å². The van der Waals surface area contributed by atoms with Gasteiger partial charge in [-0.1, -0.05) is 11.3 Å². The lowest BCUT2D eigenvalue weighted by atomic mass is 10.2. The number of aromatic hydroxyl groups is 1. The zero-order valence-corrected chi connectivity index (χ0v) is 15.8. The van der Waals surface area contributed by atoms with Gasteiger partial charge in [0.05, 0.1) is 29.7 Å². The highest BCUT2D eigenvalue weighted by molar-refractivity contribution is 7.18. The Balaban J connectivity index is 1.56. The van der Waals surface area contributed by atoms with Gasteiger partial charge in [0.1, 0.15) is 11.9 Å². The average molecular weight is 389 g/mol. The lowest BCUT2D eigenvalue weighted by molar-refractivity contribution is 0.102. The van der Waals surface area contributed by atoms with E-state index >= 15 is 0 Å². The Labute approximate surface area is 160 Å². The number of alkyl halides is 1. The summed E-state index contributed by atoms with van der Waals surface area (Å²) in [5.74, 6) is 0.107. The van der Waals surface area contributed by atoms with Gasteiger partial charge < -0.3 is 19.3 Å². The quantitative estimate of drug-likeness (QED) is 0.723. The molecule has 7 nitrogen and oxygen atoms in total. The lowest BCUT2D eigenvalue weighted by Gasteiger charge is -2.24. The maximum Gasteiger partial charge on any atom is 0.208 e. The van der Waals surface area contributed by atoms with Gasteiger partial charge in [-0.05, 0) is 18.6 Å². The van der Waals surface area contributed by atoms with E-state index < -0.39 is 6.17 Å². The van der Waals surface area contributed by atoms with Gasteiger partial charge in [-0.2, -0.15) is 0 Å². The Kier molecular flexibility index (Phi) is 4.79. The van der Waals surface area contributed by atoms with Crippen LogP contribution in [0.4, 0.5) is 9.52 Å². The van der Waals surface area contributed by atoms with Crippen molar-refractivity contribution in [3.8, 4) is 22.0 Å². The van der Waals surface area contributed by atoms with Crippen LogP contribution >= 0.6 is 11.3 Å². The number of imidazole rings is 1. The van der Waals surface area contributed by atoms with E-state index in [2.05, 4.69) is 15.2 Å². The van der Waals surface area contributed by atoms with Crippen molar-refractivity contribution in [2.75, 3.05) is 19.1 Å². The SMILES string of the molecule is CO[C@@H]1C[C@@H](F)[C@H](N(C)c2nnc(-c3ccc(-n4ccnc4)cc3O)s2)C1. The number of nitrogens with zero attached hydrogens (tertiary/aromatic N) is 5. The van der Waals surface area contributed by atoms with E-state index in [9.17, 15) is 9.50 Å². The number of phenolic OH excluding ortho intramolecular Hbond substituents is 1. The molecule has 0 radical (unpaired) electrons. The molecule has 1 aromatic carbocycles. The van der Waals surface area contributed by atoms with Gasteiger partial charge >= 0.3 is 0 Å². The van der Waals surface area contributed by atoms with Crippen LogP contribution < -0.4 is 4.90 Å². The Morgan fingerprint density at radius 3 is 2.85 bits per heavy atom. The summed E-state index contributed by atoms with van der Waals surface area (Å²) in [6, 6.07) is 5.04. The van der Waals surface area contributed by atoms with Crippen molar-refractivity contribution < 1.29 is 14.2 Å². The zero-order valence-electron chi connectivity index (χ0n) is 15.0. The second-order valence-corrected chi connectivity index (χ2v) is 7.54. The fourth-order valence-corrected chi connectivity index (χ4v) is 4.29. The monoisotopic (exact) mass is 389 g/mol. The molecule has 1 aliphatic rings. The van der Waals surface area contributed by atoms with Crippen molar-refractivity contribution in [1.82, 2.24) is 19.7 Å². The van der Waals surface area contributed by atoms with Gasteiger partial charge in [-0.15, -0.1) is 10.2 Å². The Hall–Kier alpha value is -2.52. The minimum absolute atomic E-state index is 0.0698. The number of phenols is 1. The summed E-state index contributed by atoms with van der Waals surface area (Å²) < 4.78 is 21.4. The largest absolute Gasteiger partial charge is 0.507 e. The first-order chi connectivity index (χ1) is 13.1. The van der Waals surface area contributed by atoms with Crippen molar-refractivity contribution >= 4 is 16.5 Å². The molecule has 2 aromatic heterocycles. The van der Waals surface area contributed by atoms with E-state index in [-0.39, 0.29) is 17.9 Å². The number of benzene rings is 1. The van der Waals surface area contributed by atoms with Gasteiger partial charge in [0.15, 0.2) is 5.01 Å². The van der Waals surface area contributed by atoms with Crippen molar-refractivity contribution in [1.29, 1.82) is 0 Å². The third-order valence-corrected chi connectivity index (χ3v) is 6.02. The van der Waals surface area contributed by atoms with E-state index in [1.807, 2.05) is 18.0 Å². The van der Waals surface area contributed by atoms with Crippen LogP contribution in [0.2, 0.25) is 0 Å². The fourth-order valence-electron chi connectivity index (χ4n) is 3.40. The molecule has 1 saturated carbocycles. The van der Waals surface area contributed by atoms with Crippen LogP contribution in [0, 0.1) is 0 Å². The van der Waals surface area contributed by atoms with E-state index in [0.717, 1.165) is 5.69 Å². The Bertz CT molecular complexity index is 916. The first-order valence-corrected chi connectivity index (χ1v) is 9.43. The summed E-state index contributed by atoms with van der Waals surface area (Å²) >= 11 is 1.33. The molecule has 9 heteroatoms. The summed E-state index contributed by atoms with van der Waals surface area (Å²) in [5, 5.41) is 20.0. The molecule has 0 unspecified atom stereocenters. The van der Waals surface area contributed by atoms with Crippen LogP contribution in [0.1, 0.15) is 12.8 Å². The predicted octanol–water partition coefficient (Wildman–Crippen LogP) is 3.05. The van der Waals surface area contributed by atoms with Crippen LogP contribution in [0.5, 0.6) is 5.75 Å². The van der Waals surface area contributed by atoms with Crippen molar-refractivity contribution in [2.24, 2.45) is 0 Å². The van der Waals surface area contributed by atoms with E-state index in [1.165, 1.54) is 11.3 Å². The predicted molar refractivity (Wildman–Crippen MR) is 101 cm³/mol. The summed E-state index contributed by atoms with van der Waals surface area (Å²) in [6.45, 7) is 0. The van der Waals surface area contributed by atoms with Gasteiger partial charge in [0.25, 0.3) is 0 Å². The number of hydrogen-bond acceptors (Lipinski definition) is 7. The minimum Gasteiger partial charge on any atom is -0.507 e. The smallest absolute Gasteiger partial charge is 0.208 e. The second kappa shape index (κ2) is 7.24. The van der Waals surface area contributed by atoms with Gasteiger partial charge in [-0.3, -0.25) is 0 Å². The third kappa shape index (κ3) is 3.40. The molecule has 0 amide bonds. The molecular weight excluding hydrogens is 369 g/mol. The molecule has 1 aliphatic carbocycles. The number of ether oxygens (including phenoxy) is 1. The molecule has 3 aromatic rings. The third-order valence-electron chi connectivity index (χ3n) is 4.97. The van der Waals surface area contributed by atoms with Gasteiger partial charge in [-0.25, -0.2) is 9.37 Å². The number of rotatable bonds is 5. The summed E-state index contributed by atoms with van der Waals surface area (Å²) in [5.41, 5.74) is 1.39. The van der Waals surface area contributed by atoms with Crippen molar-refractivity contribution in [2.45, 2.75) is 31.2 Å². The highest BCUT2D eigenvalue weighted by atomic mass is 32.1. The number of anilines is 1. The summed E-state index contributed by atoms with van der Waals surface area (Å²) in [4.78, 5) is 5.82. The molecule has 0 saturated heterocycles. The topological polar surface area (TPSA) is 76.3 Å². The Morgan fingerprint density at radius 1 is 1.33 bits per heavy atom. The molecule has 4 rings (SSSR count). The lowest BCUT2D eigenvalue weighted by Crippen LogP contribution is -2.35. The van der Waals surface area contributed by atoms with Crippen LogP contribution in [0.25, 0.3) is 16.3 Å². The normalized spacial score (nSPS) is 22.3. The average Bonchev–Trinajstić information content (AvgIpc) is 3.41. The van der Waals surface area contributed by atoms with Crippen LogP contribution in [-0.4, -0.2) is 57.3 Å². The molecule has 1 N–H and O–H groups in total. The molecular formula is C18H20FN5O2S. The van der Waals surface area contributed by atoms with Crippen molar-refractivity contribution in [3.63, 3.8) is 0 Å². The van der Waals surface area contributed by atoms with E-state index in [1.54, 1.807) is 42.5 Å². The van der Waals surface area contributed by atoms with Gasteiger partial charge in [0, 0.05) is 39.0 Å². The second-order valence-electron chi connectivity index (χ2n) is 6.58. The maximum absolute atomic E-state index is 14.3. The summed E-state index contributed by atoms with van der Waals surface area (Å²) in [6.07, 6.45) is 5.12. The molecule has 3 atom stereocenters. The number of aromatic nitrogens is 4. The first-order valence-electron chi connectivity index (χ1n) is 8.61.